The molecule has 7 nitrogen and oxygen atoms in total. The number of phenolic OH excluding ortho intramolecular Hbond substituents is 1. The van der Waals surface area contributed by atoms with E-state index in [2.05, 4.69) is 10.1 Å². The first-order chi connectivity index (χ1) is 13.1. The molecule has 0 aliphatic heterocycles. The normalized spacial score (nSPS) is 11.0. The highest BCUT2D eigenvalue weighted by atomic mass is 16.5. The number of carbonyl (C=O) groups is 1. The number of rotatable bonds is 4. The molecule has 0 aliphatic rings. The summed E-state index contributed by atoms with van der Waals surface area (Å²) in [6.45, 7) is 1.94. The topological polar surface area (TPSA) is 90.4 Å². The Morgan fingerprint density at radius 1 is 1.26 bits per heavy atom. The summed E-state index contributed by atoms with van der Waals surface area (Å²) in [4.78, 5) is 16.1. The van der Waals surface area contributed by atoms with Crippen molar-refractivity contribution in [2.45, 2.75) is 13.5 Å². The van der Waals surface area contributed by atoms with Gasteiger partial charge in [-0.2, -0.15) is 4.98 Å². The number of nitrogens with zero attached hydrogens (tertiary/aromatic N) is 3. The predicted molar refractivity (Wildman–Crippen MR) is 99.1 cm³/mol. The van der Waals surface area contributed by atoms with Crippen LogP contribution in [0, 0.1) is 6.92 Å². The number of methoxy groups -OCH3 is 1. The van der Waals surface area contributed by atoms with Crippen molar-refractivity contribution in [3.8, 4) is 28.6 Å². The molecule has 0 saturated heterocycles. The number of ether oxygens (including phenoxy) is 1. The van der Waals surface area contributed by atoms with Crippen LogP contribution in [0.3, 0.4) is 0 Å². The summed E-state index contributed by atoms with van der Waals surface area (Å²) in [6.07, 6.45) is 1.83. The van der Waals surface area contributed by atoms with Crippen molar-refractivity contribution in [1.29, 1.82) is 0 Å². The van der Waals surface area contributed by atoms with E-state index < -0.39 is 0 Å². The number of phenols is 1. The molecule has 7 heteroatoms. The van der Waals surface area contributed by atoms with Crippen LogP contribution in [0.2, 0.25) is 0 Å². The van der Waals surface area contributed by atoms with E-state index in [9.17, 15) is 9.90 Å². The number of esters is 1. The maximum absolute atomic E-state index is 11.6. The molecule has 0 atom stereocenters. The third kappa shape index (κ3) is 3.03. The van der Waals surface area contributed by atoms with Gasteiger partial charge in [0, 0.05) is 28.2 Å². The summed E-state index contributed by atoms with van der Waals surface area (Å²) in [5.74, 6) is 0.730. The molecule has 0 fully saturated rings. The number of hydrogen-bond donors (Lipinski definition) is 1. The number of aromatic nitrogens is 3. The summed E-state index contributed by atoms with van der Waals surface area (Å²) in [6, 6.07) is 12.7. The van der Waals surface area contributed by atoms with Gasteiger partial charge in [0.25, 0.3) is 5.89 Å². The molecule has 0 unspecified atom stereocenters. The van der Waals surface area contributed by atoms with Gasteiger partial charge in [0.05, 0.1) is 7.11 Å². The second kappa shape index (κ2) is 6.60. The summed E-state index contributed by atoms with van der Waals surface area (Å²) >= 11 is 0. The van der Waals surface area contributed by atoms with Gasteiger partial charge >= 0.3 is 5.97 Å². The second-order valence-corrected chi connectivity index (χ2v) is 6.18. The zero-order valence-electron chi connectivity index (χ0n) is 14.8. The quantitative estimate of drug-likeness (QED) is 0.558. The molecule has 4 rings (SSSR count). The lowest BCUT2D eigenvalue weighted by Gasteiger charge is -2.04. The van der Waals surface area contributed by atoms with E-state index in [4.69, 9.17) is 9.26 Å². The van der Waals surface area contributed by atoms with Crippen molar-refractivity contribution in [2.24, 2.45) is 0 Å². The Hall–Kier alpha value is -3.61. The van der Waals surface area contributed by atoms with Crippen molar-refractivity contribution in [2.75, 3.05) is 7.11 Å². The molecular formula is C20H17N3O4. The summed E-state index contributed by atoms with van der Waals surface area (Å²) < 4.78 is 12.0. The molecule has 2 aromatic heterocycles. The number of carbonyl (C=O) groups excluding carboxylic acids is 1. The van der Waals surface area contributed by atoms with Gasteiger partial charge in [0.2, 0.25) is 5.82 Å². The van der Waals surface area contributed by atoms with Gasteiger partial charge in [0.15, 0.2) is 0 Å². The monoisotopic (exact) mass is 363 g/mol. The third-order valence-electron chi connectivity index (χ3n) is 4.45. The lowest BCUT2D eigenvalue weighted by Crippen LogP contribution is -2.10. The molecule has 4 aromatic rings. The Kier molecular flexibility index (Phi) is 4.12. The minimum atomic E-state index is -0.317. The van der Waals surface area contributed by atoms with Crippen molar-refractivity contribution in [1.82, 2.24) is 14.7 Å². The van der Waals surface area contributed by atoms with Crippen LogP contribution in [-0.4, -0.2) is 32.9 Å². The van der Waals surface area contributed by atoms with Crippen molar-refractivity contribution >= 4 is 16.9 Å². The molecule has 0 bridgehead atoms. The van der Waals surface area contributed by atoms with Crippen LogP contribution in [0.5, 0.6) is 5.75 Å². The maximum atomic E-state index is 11.6. The van der Waals surface area contributed by atoms with Gasteiger partial charge in [-0.15, -0.1) is 0 Å². The molecule has 0 spiro atoms. The highest BCUT2D eigenvalue weighted by Crippen LogP contribution is 2.30. The highest BCUT2D eigenvalue weighted by molar-refractivity contribution is 5.94. The van der Waals surface area contributed by atoms with Gasteiger partial charge in [-0.3, -0.25) is 4.79 Å². The van der Waals surface area contributed by atoms with Crippen molar-refractivity contribution in [3.05, 3.63) is 54.2 Å². The molecule has 2 heterocycles. The molecular weight excluding hydrogens is 346 g/mol. The summed E-state index contributed by atoms with van der Waals surface area (Å²) in [5.41, 5.74) is 3.15. The SMILES string of the molecule is COC(=O)Cn1ccc2c(-c3noc(-c4ccc(O)c(C)c4)n3)cccc21. The second-order valence-electron chi connectivity index (χ2n) is 6.18. The maximum Gasteiger partial charge on any atom is 0.325 e. The number of aromatic hydroxyl groups is 1. The Bertz CT molecular complexity index is 1140. The average molecular weight is 363 g/mol. The summed E-state index contributed by atoms with van der Waals surface area (Å²) in [5, 5.41) is 14.7. The first-order valence-electron chi connectivity index (χ1n) is 8.35. The zero-order valence-corrected chi connectivity index (χ0v) is 14.8. The van der Waals surface area contributed by atoms with E-state index >= 15 is 0 Å². The zero-order chi connectivity index (χ0) is 19.0. The lowest BCUT2D eigenvalue weighted by atomic mass is 10.1. The Morgan fingerprint density at radius 2 is 2.11 bits per heavy atom. The minimum absolute atomic E-state index is 0.133. The predicted octanol–water partition coefficient (Wildman–Crippen LogP) is 3.55. The van der Waals surface area contributed by atoms with Gasteiger partial charge in [-0.1, -0.05) is 17.3 Å². The van der Waals surface area contributed by atoms with Crippen molar-refractivity contribution in [3.63, 3.8) is 0 Å². The van der Waals surface area contributed by atoms with E-state index in [0.717, 1.165) is 27.6 Å². The van der Waals surface area contributed by atoms with Crippen LogP contribution < -0.4 is 0 Å². The van der Waals surface area contributed by atoms with E-state index in [1.165, 1.54) is 7.11 Å². The fourth-order valence-electron chi connectivity index (χ4n) is 3.00. The molecule has 2 aromatic carbocycles. The van der Waals surface area contributed by atoms with Crippen LogP contribution in [0.15, 0.2) is 53.2 Å². The van der Waals surface area contributed by atoms with Crippen LogP contribution in [0.1, 0.15) is 5.56 Å². The largest absolute Gasteiger partial charge is 0.508 e. The fraction of sp³-hybridized carbons (Fsp3) is 0.150. The van der Waals surface area contributed by atoms with Crippen molar-refractivity contribution < 1.29 is 19.2 Å². The lowest BCUT2D eigenvalue weighted by molar-refractivity contribution is -0.141. The molecule has 1 N–H and O–H groups in total. The molecule has 136 valence electrons. The Morgan fingerprint density at radius 3 is 2.89 bits per heavy atom. The van der Waals surface area contributed by atoms with E-state index in [-0.39, 0.29) is 18.3 Å². The molecule has 0 saturated carbocycles. The highest BCUT2D eigenvalue weighted by Gasteiger charge is 2.16. The minimum Gasteiger partial charge on any atom is -0.508 e. The molecule has 0 aliphatic carbocycles. The average Bonchev–Trinajstić information content (AvgIpc) is 3.31. The van der Waals surface area contributed by atoms with Crippen LogP contribution in [0.25, 0.3) is 33.7 Å². The van der Waals surface area contributed by atoms with Gasteiger partial charge in [0.1, 0.15) is 12.3 Å². The Labute approximate surface area is 154 Å². The summed E-state index contributed by atoms with van der Waals surface area (Å²) in [7, 11) is 1.37. The fourth-order valence-corrected chi connectivity index (χ4v) is 3.00. The number of fused-ring (bicyclic) bond motifs is 1. The van der Waals surface area contributed by atoms with E-state index in [1.807, 2.05) is 35.0 Å². The number of aryl methyl sites for hydroxylation is 1. The number of hydrogen-bond acceptors (Lipinski definition) is 6. The molecule has 0 radical (unpaired) electrons. The molecule has 27 heavy (non-hydrogen) atoms. The van der Waals surface area contributed by atoms with E-state index in [0.29, 0.717) is 11.7 Å². The first-order valence-corrected chi connectivity index (χ1v) is 8.35. The Balaban J connectivity index is 1.74. The standard InChI is InChI=1S/C20H17N3O4/c1-12-10-13(6-7-17(12)24)20-21-19(22-27-20)15-4-3-5-16-14(15)8-9-23(16)11-18(25)26-2/h3-10,24H,11H2,1-2H3. The third-order valence-corrected chi connectivity index (χ3v) is 4.45. The number of benzene rings is 2. The first kappa shape index (κ1) is 16.8. The van der Waals surface area contributed by atoms with E-state index in [1.54, 1.807) is 25.1 Å². The van der Waals surface area contributed by atoms with Gasteiger partial charge in [-0.25, -0.2) is 0 Å². The molecule has 0 amide bonds. The van der Waals surface area contributed by atoms with Crippen LogP contribution in [-0.2, 0) is 16.1 Å². The smallest absolute Gasteiger partial charge is 0.325 e. The van der Waals surface area contributed by atoms with Gasteiger partial charge in [-0.05, 0) is 42.8 Å². The van der Waals surface area contributed by atoms with Crippen LogP contribution in [0.4, 0.5) is 0 Å². The van der Waals surface area contributed by atoms with Crippen LogP contribution >= 0.6 is 0 Å². The van der Waals surface area contributed by atoms with Gasteiger partial charge < -0.3 is 18.9 Å².